The highest BCUT2D eigenvalue weighted by Gasteiger charge is 2.05. The van der Waals surface area contributed by atoms with E-state index < -0.39 is 0 Å². The standard InChI is InChI=1S/C12H13N5OS/c1-2-13-9-5-11(18)17(14-6-9)8-10-7-16-3-4-19-12(16)15-10/h3-7,13H,2,8H2,1H3. The summed E-state index contributed by atoms with van der Waals surface area (Å²) >= 11 is 1.57. The maximum absolute atomic E-state index is 11.9. The van der Waals surface area contributed by atoms with Gasteiger partial charge < -0.3 is 5.32 Å². The van der Waals surface area contributed by atoms with E-state index in [1.807, 2.05) is 29.1 Å². The van der Waals surface area contributed by atoms with Crippen LogP contribution in [0.5, 0.6) is 0 Å². The maximum atomic E-state index is 11.9. The van der Waals surface area contributed by atoms with Crippen molar-refractivity contribution < 1.29 is 0 Å². The fourth-order valence-electron chi connectivity index (χ4n) is 1.86. The second-order valence-corrected chi connectivity index (χ2v) is 4.97. The Morgan fingerprint density at radius 2 is 2.37 bits per heavy atom. The minimum Gasteiger partial charge on any atom is -0.384 e. The van der Waals surface area contributed by atoms with Crippen LogP contribution in [0.4, 0.5) is 5.69 Å². The van der Waals surface area contributed by atoms with Crippen LogP contribution in [0.15, 0.2) is 34.8 Å². The van der Waals surface area contributed by atoms with Crippen LogP contribution in [0.1, 0.15) is 12.6 Å². The number of fused-ring (bicyclic) bond motifs is 1. The van der Waals surface area contributed by atoms with E-state index in [1.54, 1.807) is 23.6 Å². The SMILES string of the molecule is CCNc1cnn(Cc2cn3ccsc3n2)c(=O)c1. The van der Waals surface area contributed by atoms with Gasteiger partial charge in [-0.15, -0.1) is 11.3 Å². The number of thiazole rings is 1. The van der Waals surface area contributed by atoms with Crippen LogP contribution in [-0.4, -0.2) is 25.7 Å². The van der Waals surface area contributed by atoms with Crippen molar-refractivity contribution >= 4 is 22.0 Å². The number of anilines is 1. The third kappa shape index (κ3) is 2.37. The minimum atomic E-state index is -0.130. The van der Waals surface area contributed by atoms with Gasteiger partial charge in [-0.1, -0.05) is 0 Å². The van der Waals surface area contributed by atoms with E-state index >= 15 is 0 Å². The molecule has 6 nitrogen and oxygen atoms in total. The molecule has 0 amide bonds. The molecule has 0 radical (unpaired) electrons. The first-order valence-corrected chi connectivity index (χ1v) is 6.86. The largest absolute Gasteiger partial charge is 0.384 e. The molecule has 7 heteroatoms. The zero-order valence-corrected chi connectivity index (χ0v) is 11.2. The Balaban J connectivity index is 1.86. The van der Waals surface area contributed by atoms with Gasteiger partial charge in [0.1, 0.15) is 0 Å². The molecule has 1 N–H and O–H groups in total. The normalized spacial score (nSPS) is 11.0. The average molecular weight is 275 g/mol. The Hall–Kier alpha value is -2.15. The lowest BCUT2D eigenvalue weighted by atomic mass is 10.4. The number of imidazole rings is 1. The molecule has 0 atom stereocenters. The van der Waals surface area contributed by atoms with Crippen LogP contribution >= 0.6 is 11.3 Å². The van der Waals surface area contributed by atoms with E-state index in [4.69, 9.17) is 0 Å². The van der Waals surface area contributed by atoms with Gasteiger partial charge in [-0.3, -0.25) is 9.20 Å². The van der Waals surface area contributed by atoms with E-state index in [9.17, 15) is 4.79 Å². The molecule has 0 aliphatic heterocycles. The molecule has 0 saturated carbocycles. The molecule has 0 spiro atoms. The molecule has 0 bridgehead atoms. The van der Waals surface area contributed by atoms with Gasteiger partial charge in [0.25, 0.3) is 5.56 Å². The lowest BCUT2D eigenvalue weighted by Gasteiger charge is -2.04. The van der Waals surface area contributed by atoms with E-state index in [0.29, 0.717) is 6.54 Å². The van der Waals surface area contributed by atoms with E-state index in [2.05, 4.69) is 15.4 Å². The van der Waals surface area contributed by atoms with Crippen molar-refractivity contribution in [3.8, 4) is 0 Å². The van der Waals surface area contributed by atoms with Gasteiger partial charge in [0, 0.05) is 30.4 Å². The summed E-state index contributed by atoms with van der Waals surface area (Å²) < 4.78 is 3.35. The van der Waals surface area contributed by atoms with Crippen LogP contribution < -0.4 is 10.9 Å². The summed E-state index contributed by atoms with van der Waals surface area (Å²) in [5.74, 6) is 0. The quantitative estimate of drug-likeness (QED) is 0.782. The molecule has 98 valence electrons. The molecule has 3 aromatic heterocycles. The Bertz CT molecular complexity index is 728. The van der Waals surface area contributed by atoms with Crippen molar-refractivity contribution in [2.45, 2.75) is 13.5 Å². The van der Waals surface area contributed by atoms with Crippen molar-refractivity contribution in [2.75, 3.05) is 11.9 Å². The average Bonchev–Trinajstić information content (AvgIpc) is 2.93. The summed E-state index contributed by atoms with van der Waals surface area (Å²) in [5, 5.41) is 9.18. The van der Waals surface area contributed by atoms with E-state index in [1.165, 1.54) is 4.68 Å². The highest BCUT2D eigenvalue weighted by atomic mass is 32.1. The van der Waals surface area contributed by atoms with Crippen molar-refractivity contribution in [3.05, 3.63) is 46.1 Å². The summed E-state index contributed by atoms with van der Waals surface area (Å²) in [6.07, 6.45) is 5.52. The highest BCUT2D eigenvalue weighted by molar-refractivity contribution is 7.15. The minimum absolute atomic E-state index is 0.130. The van der Waals surface area contributed by atoms with Gasteiger partial charge in [-0.25, -0.2) is 9.67 Å². The smallest absolute Gasteiger partial charge is 0.269 e. The van der Waals surface area contributed by atoms with E-state index in [-0.39, 0.29) is 5.56 Å². The number of aromatic nitrogens is 4. The van der Waals surface area contributed by atoms with Gasteiger partial charge >= 0.3 is 0 Å². The molecule has 0 unspecified atom stereocenters. The first-order chi connectivity index (χ1) is 9.26. The number of rotatable bonds is 4. The predicted octanol–water partition coefficient (Wildman–Crippen LogP) is 1.43. The van der Waals surface area contributed by atoms with Crippen molar-refractivity contribution in [3.63, 3.8) is 0 Å². The molecule has 0 saturated heterocycles. The summed E-state index contributed by atoms with van der Waals surface area (Å²) in [7, 11) is 0. The van der Waals surface area contributed by atoms with Crippen LogP contribution in [0.2, 0.25) is 0 Å². The van der Waals surface area contributed by atoms with Crippen molar-refractivity contribution in [1.29, 1.82) is 0 Å². The number of nitrogens with zero attached hydrogens (tertiary/aromatic N) is 4. The summed E-state index contributed by atoms with van der Waals surface area (Å²) in [4.78, 5) is 17.3. The molecule has 0 fully saturated rings. The van der Waals surface area contributed by atoms with Gasteiger partial charge in [0.2, 0.25) is 0 Å². The third-order valence-corrected chi connectivity index (χ3v) is 3.48. The summed E-state index contributed by atoms with van der Waals surface area (Å²) in [6, 6.07) is 1.55. The Labute approximate surface area is 113 Å². The van der Waals surface area contributed by atoms with Gasteiger partial charge in [-0.05, 0) is 6.92 Å². The zero-order chi connectivity index (χ0) is 13.2. The van der Waals surface area contributed by atoms with E-state index in [0.717, 1.165) is 22.9 Å². The lowest BCUT2D eigenvalue weighted by molar-refractivity contribution is 0.631. The fraction of sp³-hybridized carbons (Fsp3) is 0.250. The van der Waals surface area contributed by atoms with Gasteiger partial charge in [0.05, 0.1) is 24.1 Å². The summed E-state index contributed by atoms with van der Waals surface area (Å²) in [6.45, 7) is 3.13. The monoisotopic (exact) mass is 275 g/mol. The first-order valence-electron chi connectivity index (χ1n) is 5.98. The molecule has 3 aromatic rings. The van der Waals surface area contributed by atoms with Crippen molar-refractivity contribution in [1.82, 2.24) is 19.2 Å². The van der Waals surface area contributed by atoms with Crippen molar-refractivity contribution in [2.24, 2.45) is 0 Å². The number of hydrogen-bond acceptors (Lipinski definition) is 5. The second-order valence-electron chi connectivity index (χ2n) is 4.10. The van der Waals surface area contributed by atoms with Crippen LogP contribution in [0, 0.1) is 0 Å². The molecule has 3 rings (SSSR count). The van der Waals surface area contributed by atoms with Crippen LogP contribution in [-0.2, 0) is 6.54 Å². The van der Waals surface area contributed by atoms with Crippen LogP contribution in [0.3, 0.4) is 0 Å². The molecule has 3 heterocycles. The molecule has 0 aromatic carbocycles. The Kier molecular flexibility index (Phi) is 3.04. The first kappa shape index (κ1) is 11.9. The van der Waals surface area contributed by atoms with Crippen LogP contribution in [0.25, 0.3) is 4.96 Å². The molecule has 19 heavy (non-hydrogen) atoms. The molecule has 0 aliphatic rings. The molecular weight excluding hydrogens is 262 g/mol. The van der Waals surface area contributed by atoms with Gasteiger partial charge in [0.15, 0.2) is 4.96 Å². The molecular formula is C12H13N5OS. The fourth-order valence-corrected chi connectivity index (χ4v) is 2.58. The Morgan fingerprint density at radius 3 is 3.11 bits per heavy atom. The zero-order valence-electron chi connectivity index (χ0n) is 10.4. The number of hydrogen-bond donors (Lipinski definition) is 1. The Morgan fingerprint density at radius 1 is 1.47 bits per heavy atom. The highest BCUT2D eigenvalue weighted by Crippen LogP contribution is 2.11. The third-order valence-electron chi connectivity index (χ3n) is 2.71. The topological polar surface area (TPSA) is 64.2 Å². The molecule has 0 aliphatic carbocycles. The number of nitrogens with one attached hydrogen (secondary N) is 1. The lowest BCUT2D eigenvalue weighted by Crippen LogP contribution is -2.23. The predicted molar refractivity (Wildman–Crippen MR) is 74.8 cm³/mol. The second kappa shape index (κ2) is 4.85. The van der Waals surface area contributed by atoms with Gasteiger partial charge in [-0.2, -0.15) is 5.10 Å². The summed E-state index contributed by atoms with van der Waals surface area (Å²) in [5.41, 5.74) is 1.45. The maximum Gasteiger partial charge on any atom is 0.269 e.